The predicted molar refractivity (Wildman–Crippen MR) is 70.3 cm³/mol. The maximum atomic E-state index is 5.35. The summed E-state index contributed by atoms with van der Waals surface area (Å²) in [6.07, 6.45) is 1.12. The SMILES string of the molecule is COc1cc2c(cc1OC)C(C)CC(C)(C)N2. The first kappa shape index (κ1) is 12.1. The molecule has 17 heavy (non-hydrogen) atoms. The number of nitrogens with one attached hydrogen (secondary N) is 1. The number of hydrogen-bond donors (Lipinski definition) is 1. The summed E-state index contributed by atoms with van der Waals surface area (Å²) >= 11 is 0. The molecule has 0 saturated carbocycles. The highest BCUT2D eigenvalue weighted by Crippen LogP contribution is 2.43. The quantitative estimate of drug-likeness (QED) is 0.852. The minimum atomic E-state index is 0.131. The summed E-state index contributed by atoms with van der Waals surface area (Å²) in [5, 5.41) is 3.56. The van der Waals surface area contributed by atoms with Gasteiger partial charge in [0.25, 0.3) is 0 Å². The van der Waals surface area contributed by atoms with Crippen molar-refractivity contribution >= 4 is 5.69 Å². The molecule has 1 aliphatic rings. The largest absolute Gasteiger partial charge is 0.493 e. The molecule has 1 atom stereocenters. The molecule has 3 nitrogen and oxygen atoms in total. The average molecular weight is 235 g/mol. The van der Waals surface area contributed by atoms with Gasteiger partial charge < -0.3 is 14.8 Å². The van der Waals surface area contributed by atoms with Gasteiger partial charge in [-0.1, -0.05) is 6.92 Å². The second-order valence-electron chi connectivity index (χ2n) is 5.41. The lowest BCUT2D eigenvalue weighted by Gasteiger charge is -2.38. The molecule has 0 spiro atoms. The Morgan fingerprint density at radius 3 is 2.35 bits per heavy atom. The van der Waals surface area contributed by atoms with Gasteiger partial charge >= 0.3 is 0 Å². The minimum Gasteiger partial charge on any atom is -0.493 e. The van der Waals surface area contributed by atoms with E-state index >= 15 is 0 Å². The van der Waals surface area contributed by atoms with Crippen LogP contribution in [-0.4, -0.2) is 19.8 Å². The lowest BCUT2D eigenvalue weighted by atomic mass is 9.82. The Bertz CT molecular complexity index is 426. The van der Waals surface area contributed by atoms with Gasteiger partial charge in [-0.25, -0.2) is 0 Å². The third kappa shape index (κ3) is 2.19. The first-order chi connectivity index (χ1) is 7.96. The van der Waals surface area contributed by atoms with Gasteiger partial charge in [0, 0.05) is 17.3 Å². The molecule has 0 bridgehead atoms. The van der Waals surface area contributed by atoms with Gasteiger partial charge in [0.05, 0.1) is 14.2 Å². The Morgan fingerprint density at radius 1 is 1.18 bits per heavy atom. The lowest BCUT2D eigenvalue weighted by Crippen LogP contribution is -2.36. The maximum absolute atomic E-state index is 5.35. The van der Waals surface area contributed by atoms with Crippen LogP contribution in [0.1, 0.15) is 38.7 Å². The average Bonchev–Trinajstić information content (AvgIpc) is 2.26. The smallest absolute Gasteiger partial charge is 0.162 e. The topological polar surface area (TPSA) is 30.5 Å². The molecule has 1 aromatic rings. The summed E-state index contributed by atoms with van der Waals surface area (Å²) in [4.78, 5) is 0. The molecule has 1 unspecified atom stereocenters. The molecule has 0 radical (unpaired) electrons. The summed E-state index contributed by atoms with van der Waals surface area (Å²) in [7, 11) is 3.34. The van der Waals surface area contributed by atoms with Crippen LogP contribution in [0.25, 0.3) is 0 Å². The van der Waals surface area contributed by atoms with Gasteiger partial charge in [-0.15, -0.1) is 0 Å². The van der Waals surface area contributed by atoms with Gasteiger partial charge in [-0.05, 0) is 37.8 Å². The molecule has 1 aliphatic heterocycles. The maximum Gasteiger partial charge on any atom is 0.162 e. The molecule has 0 aliphatic carbocycles. The zero-order valence-corrected chi connectivity index (χ0v) is 11.3. The Balaban J connectivity index is 2.50. The highest BCUT2D eigenvalue weighted by molar-refractivity contribution is 5.64. The standard InChI is InChI=1S/C14H21NO2/c1-9-8-14(2,3)15-11-7-13(17-5)12(16-4)6-10(9)11/h6-7,9,15H,8H2,1-5H3. The van der Waals surface area contributed by atoms with E-state index in [-0.39, 0.29) is 5.54 Å². The van der Waals surface area contributed by atoms with E-state index in [4.69, 9.17) is 9.47 Å². The van der Waals surface area contributed by atoms with Crippen LogP contribution in [0.4, 0.5) is 5.69 Å². The minimum absolute atomic E-state index is 0.131. The molecule has 94 valence electrons. The molecule has 1 N–H and O–H groups in total. The van der Waals surface area contributed by atoms with Crippen LogP contribution in [0, 0.1) is 0 Å². The first-order valence-corrected chi connectivity index (χ1v) is 6.01. The van der Waals surface area contributed by atoms with Crippen molar-refractivity contribution in [2.75, 3.05) is 19.5 Å². The number of methoxy groups -OCH3 is 2. The molecule has 0 aromatic heterocycles. The Labute approximate surface area is 103 Å². The van der Waals surface area contributed by atoms with Crippen molar-refractivity contribution in [3.05, 3.63) is 17.7 Å². The fraction of sp³-hybridized carbons (Fsp3) is 0.571. The fourth-order valence-electron chi connectivity index (χ4n) is 2.70. The van der Waals surface area contributed by atoms with E-state index in [2.05, 4.69) is 32.2 Å². The molecule has 1 heterocycles. The van der Waals surface area contributed by atoms with Crippen LogP contribution in [0.3, 0.4) is 0 Å². The number of rotatable bonds is 2. The van der Waals surface area contributed by atoms with E-state index in [0.29, 0.717) is 5.92 Å². The number of anilines is 1. The van der Waals surface area contributed by atoms with Gasteiger partial charge in [0.15, 0.2) is 11.5 Å². The van der Waals surface area contributed by atoms with Crippen LogP contribution in [0.2, 0.25) is 0 Å². The number of benzene rings is 1. The Morgan fingerprint density at radius 2 is 1.76 bits per heavy atom. The van der Waals surface area contributed by atoms with Crippen molar-refractivity contribution in [3.63, 3.8) is 0 Å². The van der Waals surface area contributed by atoms with Crippen LogP contribution in [0.15, 0.2) is 12.1 Å². The van der Waals surface area contributed by atoms with Gasteiger partial charge in [-0.3, -0.25) is 0 Å². The lowest BCUT2D eigenvalue weighted by molar-refractivity contribution is 0.353. The normalized spacial score (nSPS) is 21.4. The van der Waals surface area contributed by atoms with Crippen molar-refractivity contribution in [3.8, 4) is 11.5 Å². The predicted octanol–water partition coefficient (Wildman–Crippen LogP) is 3.40. The third-order valence-corrected chi connectivity index (χ3v) is 3.38. The summed E-state index contributed by atoms with van der Waals surface area (Å²) < 4.78 is 10.7. The fourth-order valence-corrected chi connectivity index (χ4v) is 2.70. The first-order valence-electron chi connectivity index (χ1n) is 6.01. The molecule has 0 amide bonds. The van der Waals surface area contributed by atoms with Crippen LogP contribution >= 0.6 is 0 Å². The van der Waals surface area contributed by atoms with E-state index < -0.39 is 0 Å². The monoisotopic (exact) mass is 235 g/mol. The summed E-state index contributed by atoms with van der Waals surface area (Å²) in [5.41, 5.74) is 2.60. The van der Waals surface area contributed by atoms with Gasteiger partial charge in [0.1, 0.15) is 0 Å². The molecule has 3 heteroatoms. The summed E-state index contributed by atoms with van der Waals surface area (Å²) in [5.74, 6) is 2.12. The van der Waals surface area contributed by atoms with Crippen molar-refractivity contribution in [1.29, 1.82) is 0 Å². The highest BCUT2D eigenvalue weighted by Gasteiger charge is 2.30. The number of fused-ring (bicyclic) bond motifs is 1. The highest BCUT2D eigenvalue weighted by atomic mass is 16.5. The zero-order chi connectivity index (χ0) is 12.6. The van der Waals surface area contributed by atoms with E-state index in [1.807, 2.05) is 6.07 Å². The molecular weight excluding hydrogens is 214 g/mol. The van der Waals surface area contributed by atoms with Crippen molar-refractivity contribution < 1.29 is 9.47 Å². The molecule has 0 fully saturated rings. The van der Waals surface area contributed by atoms with Crippen LogP contribution in [-0.2, 0) is 0 Å². The second kappa shape index (κ2) is 4.13. The molecular formula is C14H21NO2. The number of hydrogen-bond acceptors (Lipinski definition) is 3. The zero-order valence-electron chi connectivity index (χ0n) is 11.3. The second-order valence-corrected chi connectivity index (χ2v) is 5.41. The van der Waals surface area contributed by atoms with Crippen molar-refractivity contribution in [2.24, 2.45) is 0 Å². The molecule has 0 saturated heterocycles. The third-order valence-electron chi connectivity index (χ3n) is 3.38. The van der Waals surface area contributed by atoms with Crippen LogP contribution < -0.4 is 14.8 Å². The van der Waals surface area contributed by atoms with Crippen molar-refractivity contribution in [1.82, 2.24) is 0 Å². The molecule has 1 aromatic carbocycles. The van der Waals surface area contributed by atoms with Crippen molar-refractivity contribution in [2.45, 2.75) is 38.6 Å². The Kier molecular flexibility index (Phi) is 2.94. The van der Waals surface area contributed by atoms with E-state index in [0.717, 1.165) is 23.6 Å². The van der Waals surface area contributed by atoms with E-state index in [9.17, 15) is 0 Å². The summed E-state index contributed by atoms with van der Waals surface area (Å²) in [6.45, 7) is 6.71. The number of ether oxygens (including phenoxy) is 2. The van der Waals surface area contributed by atoms with Crippen LogP contribution in [0.5, 0.6) is 11.5 Å². The van der Waals surface area contributed by atoms with E-state index in [1.165, 1.54) is 5.56 Å². The van der Waals surface area contributed by atoms with E-state index in [1.54, 1.807) is 14.2 Å². The van der Waals surface area contributed by atoms with Gasteiger partial charge in [-0.2, -0.15) is 0 Å². The van der Waals surface area contributed by atoms with Gasteiger partial charge in [0.2, 0.25) is 0 Å². The summed E-state index contributed by atoms with van der Waals surface area (Å²) in [6, 6.07) is 4.12. The Hall–Kier alpha value is -1.38. The molecule has 2 rings (SSSR count).